The number of para-hydroxylation sites is 1. The average Bonchev–Trinajstić information content (AvgIpc) is 3.07. The molecule has 1 atom stereocenters. The fourth-order valence-corrected chi connectivity index (χ4v) is 3.49. The van der Waals surface area contributed by atoms with Crippen molar-refractivity contribution in [3.63, 3.8) is 0 Å². The maximum atomic E-state index is 12.2. The molecule has 2 aliphatic rings. The van der Waals surface area contributed by atoms with Gasteiger partial charge in [0.15, 0.2) is 0 Å². The zero-order chi connectivity index (χ0) is 17.6. The number of hydrogen-bond acceptors (Lipinski definition) is 4. The van der Waals surface area contributed by atoms with Crippen molar-refractivity contribution in [2.45, 2.75) is 25.3 Å². The Morgan fingerprint density at radius 1 is 1.36 bits per heavy atom. The second-order valence-electron chi connectivity index (χ2n) is 6.48. The molecular weight excluding hydrogens is 318 g/mol. The number of carbonyl (C=O) groups is 2. The number of benzene rings is 1. The van der Waals surface area contributed by atoms with Crippen molar-refractivity contribution in [2.75, 3.05) is 38.0 Å². The summed E-state index contributed by atoms with van der Waals surface area (Å²) in [5.74, 6) is -0.0938. The van der Waals surface area contributed by atoms with E-state index >= 15 is 0 Å². The van der Waals surface area contributed by atoms with Gasteiger partial charge in [-0.1, -0.05) is 12.1 Å². The summed E-state index contributed by atoms with van der Waals surface area (Å²) in [6, 6.07) is 9.33. The molecule has 1 aromatic rings. The van der Waals surface area contributed by atoms with Crippen LogP contribution in [0.2, 0.25) is 0 Å². The molecule has 2 aliphatic heterocycles. The van der Waals surface area contributed by atoms with Crippen molar-refractivity contribution in [1.82, 2.24) is 15.1 Å². The first-order valence-electron chi connectivity index (χ1n) is 8.73. The molecule has 1 unspecified atom stereocenters. The van der Waals surface area contributed by atoms with Crippen LogP contribution in [0.3, 0.4) is 0 Å². The predicted octanol–water partition coefficient (Wildman–Crippen LogP) is 1.38. The van der Waals surface area contributed by atoms with Gasteiger partial charge in [-0.15, -0.1) is 0 Å². The van der Waals surface area contributed by atoms with Crippen molar-refractivity contribution < 1.29 is 9.59 Å². The minimum Gasteiger partial charge on any atom is -0.336 e. The van der Waals surface area contributed by atoms with E-state index in [-0.39, 0.29) is 18.0 Å². The number of amides is 3. The van der Waals surface area contributed by atoms with Gasteiger partial charge in [0, 0.05) is 38.6 Å². The highest BCUT2D eigenvalue weighted by Gasteiger charge is 2.31. The largest absolute Gasteiger partial charge is 0.336 e. The van der Waals surface area contributed by atoms with Crippen molar-refractivity contribution in [2.24, 2.45) is 0 Å². The molecule has 0 radical (unpaired) electrons. The van der Waals surface area contributed by atoms with Crippen LogP contribution in [-0.2, 0) is 4.79 Å². The highest BCUT2D eigenvalue weighted by atomic mass is 16.2. The number of likely N-dealkylation sites (tertiary alicyclic amines) is 1. The maximum Gasteiger partial charge on any atom is 0.317 e. The molecular formula is C18H23N5O2. The zero-order valence-electron chi connectivity index (χ0n) is 14.2. The van der Waals surface area contributed by atoms with Gasteiger partial charge in [0.05, 0.1) is 11.3 Å². The van der Waals surface area contributed by atoms with Gasteiger partial charge in [-0.3, -0.25) is 4.79 Å². The predicted molar refractivity (Wildman–Crippen MR) is 94.0 cm³/mol. The van der Waals surface area contributed by atoms with Crippen LogP contribution < -0.4 is 10.6 Å². The molecule has 2 fully saturated rings. The fourth-order valence-electron chi connectivity index (χ4n) is 3.49. The van der Waals surface area contributed by atoms with E-state index in [9.17, 15) is 9.59 Å². The molecule has 2 saturated heterocycles. The Hall–Kier alpha value is -2.59. The SMILES string of the molecule is N#Cc1ccccc1NC(=O)CCN1CCCC(N2CCNC2=O)C1. The third-order valence-electron chi connectivity index (χ3n) is 4.79. The molecule has 1 aromatic carbocycles. The van der Waals surface area contributed by atoms with Gasteiger partial charge in [-0.25, -0.2) is 4.79 Å². The van der Waals surface area contributed by atoms with Crippen LogP contribution in [0.15, 0.2) is 24.3 Å². The van der Waals surface area contributed by atoms with E-state index in [1.165, 1.54) is 0 Å². The first-order chi connectivity index (χ1) is 12.2. The van der Waals surface area contributed by atoms with Gasteiger partial charge < -0.3 is 20.4 Å². The number of carbonyl (C=O) groups excluding carboxylic acids is 2. The molecule has 0 saturated carbocycles. The number of nitrogens with one attached hydrogen (secondary N) is 2. The summed E-state index contributed by atoms with van der Waals surface area (Å²) in [7, 11) is 0. The summed E-state index contributed by atoms with van der Waals surface area (Å²) in [5.41, 5.74) is 1.02. The van der Waals surface area contributed by atoms with E-state index in [0.717, 1.165) is 39.0 Å². The Morgan fingerprint density at radius 2 is 2.20 bits per heavy atom. The van der Waals surface area contributed by atoms with Crippen LogP contribution in [-0.4, -0.2) is 60.5 Å². The zero-order valence-corrected chi connectivity index (χ0v) is 14.2. The minimum absolute atomic E-state index is 0.0257. The maximum absolute atomic E-state index is 12.2. The van der Waals surface area contributed by atoms with E-state index in [1.807, 2.05) is 4.90 Å². The van der Waals surface area contributed by atoms with E-state index < -0.39 is 0 Å². The van der Waals surface area contributed by atoms with E-state index in [0.29, 0.717) is 24.2 Å². The number of hydrogen-bond donors (Lipinski definition) is 2. The van der Waals surface area contributed by atoms with Crippen molar-refractivity contribution in [3.8, 4) is 6.07 Å². The molecule has 0 aromatic heterocycles. The van der Waals surface area contributed by atoms with Crippen LogP contribution in [0.25, 0.3) is 0 Å². The normalized spacial score (nSPS) is 20.8. The van der Waals surface area contributed by atoms with E-state index in [1.54, 1.807) is 24.3 Å². The van der Waals surface area contributed by atoms with Gasteiger partial charge in [0.25, 0.3) is 0 Å². The molecule has 2 heterocycles. The molecule has 0 spiro atoms. The molecule has 3 amide bonds. The number of rotatable bonds is 5. The van der Waals surface area contributed by atoms with Crippen LogP contribution in [0.4, 0.5) is 10.5 Å². The topological polar surface area (TPSA) is 88.5 Å². The second-order valence-corrected chi connectivity index (χ2v) is 6.48. The number of urea groups is 1. The highest BCUT2D eigenvalue weighted by Crippen LogP contribution is 2.18. The number of nitrogens with zero attached hydrogens (tertiary/aromatic N) is 3. The third kappa shape index (κ3) is 4.28. The lowest BCUT2D eigenvalue weighted by atomic mass is 10.0. The van der Waals surface area contributed by atoms with E-state index in [2.05, 4.69) is 21.6 Å². The second kappa shape index (κ2) is 7.99. The molecule has 7 nitrogen and oxygen atoms in total. The first kappa shape index (κ1) is 17.2. The van der Waals surface area contributed by atoms with Crippen LogP contribution in [0, 0.1) is 11.3 Å². The van der Waals surface area contributed by atoms with Crippen molar-refractivity contribution in [3.05, 3.63) is 29.8 Å². The quantitative estimate of drug-likeness (QED) is 0.847. The summed E-state index contributed by atoms with van der Waals surface area (Å²) in [6.07, 6.45) is 2.43. The molecule has 0 bridgehead atoms. The fraction of sp³-hybridized carbons (Fsp3) is 0.500. The lowest BCUT2D eigenvalue weighted by Gasteiger charge is -2.36. The van der Waals surface area contributed by atoms with Crippen LogP contribution in [0.1, 0.15) is 24.8 Å². The van der Waals surface area contributed by atoms with Gasteiger partial charge in [0.1, 0.15) is 6.07 Å². The highest BCUT2D eigenvalue weighted by molar-refractivity contribution is 5.92. The number of piperidine rings is 1. The number of nitriles is 1. The summed E-state index contributed by atoms with van der Waals surface area (Å²) < 4.78 is 0. The number of anilines is 1. The van der Waals surface area contributed by atoms with Gasteiger partial charge in [-0.05, 0) is 31.5 Å². The molecule has 3 rings (SSSR count). The van der Waals surface area contributed by atoms with Crippen LogP contribution in [0.5, 0.6) is 0 Å². The van der Waals surface area contributed by atoms with E-state index in [4.69, 9.17) is 5.26 Å². The average molecular weight is 341 g/mol. The standard InChI is InChI=1S/C18H23N5O2/c19-12-14-4-1-2-6-16(14)21-17(24)7-10-22-9-3-5-15(13-22)23-11-8-20-18(23)25/h1-2,4,6,15H,3,5,7-11,13H2,(H,20,25)(H,21,24). The lowest BCUT2D eigenvalue weighted by Crippen LogP contribution is -2.49. The van der Waals surface area contributed by atoms with Crippen molar-refractivity contribution >= 4 is 17.6 Å². The molecule has 7 heteroatoms. The molecule has 2 N–H and O–H groups in total. The van der Waals surface area contributed by atoms with Crippen molar-refractivity contribution in [1.29, 1.82) is 5.26 Å². The molecule has 25 heavy (non-hydrogen) atoms. The lowest BCUT2D eigenvalue weighted by molar-refractivity contribution is -0.116. The summed E-state index contributed by atoms with van der Waals surface area (Å²) in [6.45, 7) is 3.91. The Balaban J connectivity index is 1.48. The Kier molecular flexibility index (Phi) is 5.51. The monoisotopic (exact) mass is 341 g/mol. The van der Waals surface area contributed by atoms with Crippen LogP contribution >= 0.6 is 0 Å². The summed E-state index contributed by atoms with van der Waals surface area (Å²) >= 11 is 0. The Labute approximate surface area is 147 Å². The third-order valence-corrected chi connectivity index (χ3v) is 4.79. The summed E-state index contributed by atoms with van der Waals surface area (Å²) in [4.78, 5) is 28.2. The van der Waals surface area contributed by atoms with Gasteiger partial charge >= 0.3 is 6.03 Å². The summed E-state index contributed by atoms with van der Waals surface area (Å²) in [5, 5.41) is 14.7. The smallest absolute Gasteiger partial charge is 0.317 e. The molecule has 0 aliphatic carbocycles. The Morgan fingerprint density at radius 3 is 2.96 bits per heavy atom. The Bertz CT molecular complexity index is 684. The first-order valence-corrected chi connectivity index (χ1v) is 8.73. The minimum atomic E-state index is -0.0938. The van der Waals surface area contributed by atoms with Gasteiger partial charge in [0.2, 0.25) is 5.91 Å². The molecule has 132 valence electrons. The van der Waals surface area contributed by atoms with Gasteiger partial charge in [-0.2, -0.15) is 5.26 Å².